The first kappa shape index (κ1) is 17.7. The summed E-state index contributed by atoms with van der Waals surface area (Å²) in [5.41, 5.74) is 1.24. The number of alkyl halides is 2. The Morgan fingerprint density at radius 2 is 1.96 bits per heavy atom. The molecular formula is C16H12Cl2F2N2O3. The number of amidine groups is 1. The first-order chi connectivity index (χ1) is 11.9. The molecule has 9 heteroatoms. The summed E-state index contributed by atoms with van der Waals surface area (Å²) in [5, 5.41) is 11.3. The number of nitrogens with zero attached hydrogens (tertiary/aromatic N) is 2. The molecular weight excluding hydrogens is 377 g/mol. The van der Waals surface area contributed by atoms with Gasteiger partial charge in [0.15, 0.2) is 18.3 Å². The molecule has 0 spiro atoms. The van der Waals surface area contributed by atoms with Crippen LogP contribution in [-0.2, 0) is 11.4 Å². The minimum atomic E-state index is -2.89. The molecule has 0 saturated carbocycles. The van der Waals surface area contributed by atoms with Gasteiger partial charge < -0.3 is 9.84 Å². The molecule has 0 aromatic heterocycles. The van der Waals surface area contributed by atoms with E-state index in [1.807, 2.05) is 0 Å². The zero-order valence-corrected chi connectivity index (χ0v) is 14.1. The minimum absolute atomic E-state index is 0.0564. The van der Waals surface area contributed by atoms with Gasteiger partial charge in [-0.2, -0.15) is 8.78 Å². The Kier molecular flexibility index (Phi) is 5.27. The molecule has 1 aliphatic rings. The molecule has 0 saturated heterocycles. The molecule has 2 aromatic carbocycles. The first-order valence-corrected chi connectivity index (χ1v) is 7.86. The molecule has 0 fully saturated rings. The number of phenolic OH excluding ortho intramolecular Hbond substituents is 1. The monoisotopic (exact) mass is 388 g/mol. The van der Waals surface area contributed by atoms with E-state index in [0.717, 1.165) is 0 Å². The van der Waals surface area contributed by atoms with E-state index < -0.39 is 6.61 Å². The summed E-state index contributed by atoms with van der Waals surface area (Å²) < 4.78 is 29.0. The first-order valence-electron chi connectivity index (χ1n) is 7.11. The van der Waals surface area contributed by atoms with Crippen LogP contribution < -0.4 is 4.74 Å². The van der Waals surface area contributed by atoms with Crippen LogP contribution in [-0.4, -0.2) is 29.3 Å². The number of hydroxylamine groups is 2. The standard InChI is InChI=1S/C16H12Cl2F2N2O3/c17-12-5-10(6-13(18)14(12)23)15-21-8-24-22(15)7-9-2-1-3-11(4-9)25-16(19)20/h1-6,16,23H,7-8H2. The van der Waals surface area contributed by atoms with Crippen LogP contribution in [0.3, 0.4) is 0 Å². The van der Waals surface area contributed by atoms with Gasteiger partial charge in [-0.25, -0.2) is 14.9 Å². The third-order valence-corrected chi connectivity index (χ3v) is 3.97. The normalized spacial score (nSPS) is 14.1. The minimum Gasteiger partial charge on any atom is -0.505 e. The molecule has 0 radical (unpaired) electrons. The highest BCUT2D eigenvalue weighted by molar-refractivity contribution is 6.37. The van der Waals surface area contributed by atoms with Crippen molar-refractivity contribution in [2.24, 2.45) is 4.99 Å². The highest BCUT2D eigenvalue weighted by Gasteiger charge is 2.22. The number of aliphatic imine (C=N–C) groups is 1. The van der Waals surface area contributed by atoms with Crippen molar-refractivity contribution in [3.63, 3.8) is 0 Å². The quantitative estimate of drug-likeness (QED) is 0.821. The molecule has 0 amide bonds. The molecule has 1 aliphatic heterocycles. The van der Waals surface area contributed by atoms with Crippen LogP contribution in [0.1, 0.15) is 11.1 Å². The second-order valence-corrected chi connectivity index (χ2v) is 5.91. The van der Waals surface area contributed by atoms with E-state index in [9.17, 15) is 13.9 Å². The molecule has 3 rings (SSSR count). The highest BCUT2D eigenvalue weighted by atomic mass is 35.5. The fourth-order valence-electron chi connectivity index (χ4n) is 2.34. The largest absolute Gasteiger partial charge is 0.505 e. The average molecular weight is 389 g/mol. The molecule has 1 N–H and O–H groups in total. The molecule has 0 unspecified atom stereocenters. The van der Waals surface area contributed by atoms with E-state index in [4.69, 9.17) is 28.0 Å². The zero-order valence-electron chi connectivity index (χ0n) is 12.6. The molecule has 2 aromatic rings. The number of benzene rings is 2. The van der Waals surface area contributed by atoms with Crippen molar-refractivity contribution in [3.8, 4) is 11.5 Å². The van der Waals surface area contributed by atoms with Crippen LogP contribution >= 0.6 is 23.2 Å². The Hall–Kier alpha value is -2.09. The molecule has 1 heterocycles. The Balaban J connectivity index is 1.81. The number of phenols is 1. The molecule has 25 heavy (non-hydrogen) atoms. The maximum atomic E-state index is 12.3. The lowest BCUT2D eigenvalue weighted by molar-refractivity contribution is -0.0823. The SMILES string of the molecule is Oc1c(Cl)cc(C2=NCON2Cc2cccc(OC(F)F)c2)cc1Cl. The lowest BCUT2D eigenvalue weighted by atomic mass is 10.1. The van der Waals surface area contributed by atoms with Crippen molar-refractivity contribution >= 4 is 29.0 Å². The number of ether oxygens (including phenoxy) is 1. The van der Waals surface area contributed by atoms with E-state index in [2.05, 4.69) is 9.73 Å². The third-order valence-electron chi connectivity index (χ3n) is 3.39. The Bertz CT molecular complexity index is 795. The lowest BCUT2D eigenvalue weighted by Crippen LogP contribution is -2.26. The van der Waals surface area contributed by atoms with E-state index in [0.29, 0.717) is 17.0 Å². The fourth-order valence-corrected chi connectivity index (χ4v) is 2.82. The highest BCUT2D eigenvalue weighted by Crippen LogP contribution is 2.34. The van der Waals surface area contributed by atoms with E-state index in [-0.39, 0.29) is 34.8 Å². The van der Waals surface area contributed by atoms with Gasteiger partial charge in [0.05, 0.1) is 16.6 Å². The Labute approximate surface area is 152 Å². The van der Waals surface area contributed by atoms with Crippen LogP contribution in [0.15, 0.2) is 41.4 Å². The summed E-state index contributed by atoms with van der Waals surface area (Å²) in [6, 6.07) is 9.30. The second-order valence-electron chi connectivity index (χ2n) is 5.09. The number of hydrogen-bond donors (Lipinski definition) is 1. The maximum absolute atomic E-state index is 12.3. The fraction of sp³-hybridized carbons (Fsp3) is 0.188. The van der Waals surface area contributed by atoms with E-state index >= 15 is 0 Å². The predicted octanol–water partition coefficient (Wildman–Crippen LogP) is 4.45. The number of aromatic hydroxyl groups is 1. The smallest absolute Gasteiger partial charge is 0.387 e. The number of hydrogen-bond acceptors (Lipinski definition) is 5. The summed E-state index contributed by atoms with van der Waals surface area (Å²) in [6.07, 6.45) is 0. The van der Waals surface area contributed by atoms with Gasteiger partial charge in [-0.3, -0.25) is 0 Å². The van der Waals surface area contributed by atoms with Gasteiger partial charge in [-0.1, -0.05) is 35.3 Å². The predicted molar refractivity (Wildman–Crippen MR) is 89.2 cm³/mol. The van der Waals surface area contributed by atoms with Gasteiger partial charge in [0.25, 0.3) is 0 Å². The summed E-state index contributed by atoms with van der Waals surface area (Å²) in [7, 11) is 0. The van der Waals surface area contributed by atoms with Crippen molar-refractivity contribution in [3.05, 3.63) is 57.6 Å². The zero-order chi connectivity index (χ0) is 18.0. The molecule has 5 nitrogen and oxygen atoms in total. The van der Waals surface area contributed by atoms with Crippen molar-refractivity contribution in [1.29, 1.82) is 0 Å². The second kappa shape index (κ2) is 7.43. The van der Waals surface area contributed by atoms with Gasteiger partial charge in [0.1, 0.15) is 5.75 Å². The third kappa shape index (κ3) is 4.12. The molecule has 0 bridgehead atoms. The van der Waals surface area contributed by atoms with Crippen molar-refractivity contribution in [2.75, 3.05) is 6.73 Å². The Morgan fingerprint density at radius 1 is 1.24 bits per heavy atom. The van der Waals surface area contributed by atoms with Crippen molar-refractivity contribution in [2.45, 2.75) is 13.2 Å². The van der Waals surface area contributed by atoms with Gasteiger partial charge in [0, 0.05) is 5.56 Å². The van der Waals surface area contributed by atoms with E-state index in [1.54, 1.807) is 12.1 Å². The molecule has 0 aliphatic carbocycles. The van der Waals surface area contributed by atoms with E-state index in [1.165, 1.54) is 29.3 Å². The maximum Gasteiger partial charge on any atom is 0.387 e. The molecule has 132 valence electrons. The van der Waals surface area contributed by atoms with Crippen molar-refractivity contribution < 1.29 is 23.5 Å². The van der Waals surface area contributed by atoms with Gasteiger partial charge in [-0.05, 0) is 29.8 Å². The van der Waals surface area contributed by atoms with Crippen LogP contribution in [0.25, 0.3) is 0 Å². The Morgan fingerprint density at radius 3 is 2.64 bits per heavy atom. The van der Waals surface area contributed by atoms with Crippen LogP contribution in [0.2, 0.25) is 10.0 Å². The summed E-state index contributed by atoms with van der Waals surface area (Å²) in [6.45, 7) is -2.55. The van der Waals surface area contributed by atoms with Gasteiger partial charge in [0.2, 0.25) is 0 Å². The summed E-state index contributed by atoms with van der Waals surface area (Å²) >= 11 is 11.9. The van der Waals surface area contributed by atoms with Gasteiger partial charge >= 0.3 is 6.61 Å². The lowest BCUT2D eigenvalue weighted by Gasteiger charge is -2.19. The number of halogens is 4. The van der Waals surface area contributed by atoms with Crippen LogP contribution in [0.5, 0.6) is 11.5 Å². The van der Waals surface area contributed by atoms with Crippen LogP contribution in [0, 0.1) is 0 Å². The molecule has 0 atom stereocenters. The number of rotatable bonds is 5. The van der Waals surface area contributed by atoms with Crippen LogP contribution in [0.4, 0.5) is 8.78 Å². The summed E-state index contributed by atoms with van der Waals surface area (Å²) in [4.78, 5) is 9.68. The van der Waals surface area contributed by atoms with Gasteiger partial charge in [-0.15, -0.1) is 0 Å². The topological polar surface area (TPSA) is 54.3 Å². The average Bonchev–Trinajstić information content (AvgIpc) is 3.00. The van der Waals surface area contributed by atoms with Crippen molar-refractivity contribution in [1.82, 2.24) is 5.06 Å². The summed E-state index contributed by atoms with van der Waals surface area (Å²) in [5.74, 6) is 0.305.